The largest absolute Gasteiger partial charge is 0.491 e. The molecule has 1 fully saturated rings. The standard InChI is InChI=1S/C16H26N2O4S.ClH/c1-13(17)16-5-3-4-10-18(16)23(19,20)15-8-6-14(7-9-15)22-12-11-21-2;/h6-9,13,16H,3-5,10-12,17H2,1-2H3;1H. The van der Waals surface area contributed by atoms with Crippen LogP contribution in [-0.4, -0.2) is 51.7 Å². The summed E-state index contributed by atoms with van der Waals surface area (Å²) in [4.78, 5) is 0.282. The van der Waals surface area contributed by atoms with Gasteiger partial charge in [0.1, 0.15) is 12.4 Å². The van der Waals surface area contributed by atoms with Crippen LogP contribution < -0.4 is 10.5 Å². The van der Waals surface area contributed by atoms with E-state index in [0.29, 0.717) is 25.5 Å². The molecule has 2 atom stereocenters. The minimum absolute atomic E-state index is 0. The van der Waals surface area contributed by atoms with Gasteiger partial charge in [0.25, 0.3) is 0 Å². The van der Waals surface area contributed by atoms with Crippen LogP contribution in [0, 0.1) is 0 Å². The van der Waals surface area contributed by atoms with Crippen molar-refractivity contribution < 1.29 is 17.9 Å². The number of sulfonamides is 1. The molecule has 0 bridgehead atoms. The van der Waals surface area contributed by atoms with Crippen molar-refractivity contribution in [1.82, 2.24) is 4.31 Å². The SMILES string of the molecule is COCCOc1ccc(S(=O)(=O)N2CCCCC2C(C)N)cc1.Cl. The van der Waals surface area contributed by atoms with E-state index in [-0.39, 0.29) is 29.4 Å². The van der Waals surface area contributed by atoms with Crippen molar-refractivity contribution in [2.75, 3.05) is 26.9 Å². The molecular weight excluding hydrogens is 352 g/mol. The van der Waals surface area contributed by atoms with Crippen LogP contribution in [0.15, 0.2) is 29.2 Å². The fraction of sp³-hybridized carbons (Fsp3) is 0.625. The van der Waals surface area contributed by atoms with Gasteiger partial charge in [-0.05, 0) is 44.0 Å². The molecule has 1 heterocycles. The molecule has 1 aromatic carbocycles. The number of hydrogen-bond donors (Lipinski definition) is 1. The van der Waals surface area contributed by atoms with E-state index in [4.69, 9.17) is 15.2 Å². The van der Waals surface area contributed by atoms with Gasteiger partial charge in [-0.15, -0.1) is 12.4 Å². The molecule has 1 aliphatic heterocycles. The van der Waals surface area contributed by atoms with Gasteiger partial charge in [-0.1, -0.05) is 6.42 Å². The van der Waals surface area contributed by atoms with Crippen molar-refractivity contribution in [3.8, 4) is 5.75 Å². The highest BCUT2D eigenvalue weighted by atomic mass is 35.5. The Morgan fingerprint density at radius 1 is 1.25 bits per heavy atom. The first-order valence-corrected chi connectivity index (χ1v) is 9.40. The van der Waals surface area contributed by atoms with Crippen LogP contribution in [0.1, 0.15) is 26.2 Å². The van der Waals surface area contributed by atoms with Crippen LogP contribution in [0.25, 0.3) is 0 Å². The number of halogens is 1. The summed E-state index contributed by atoms with van der Waals surface area (Å²) in [5.74, 6) is 0.628. The predicted octanol–water partition coefficient (Wildman–Crippen LogP) is 2.02. The summed E-state index contributed by atoms with van der Waals surface area (Å²) >= 11 is 0. The van der Waals surface area contributed by atoms with E-state index in [1.807, 2.05) is 6.92 Å². The van der Waals surface area contributed by atoms with Gasteiger partial charge in [0.05, 0.1) is 11.5 Å². The molecule has 0 spiro atoms. The van der Waals surface area contributed by atoms with E-state index in [0.717, 1.165) is 19.3 Å². The highest BCUT2D eigenvalue weighted by Crippen LogP contribution is 2.27. The van der Waals surface area contributed by atoms with Gasteiger partial charge in [-0.3, -0.25) is 0 Å². The van der Waals surface area contributed by atoms with Crippen molar-refractivity contribution in [3.05, 3.63) is 24.3 Å². The summed E-state index contributed by atoms with van der Waals surface area (Å²) in [7, 11) is -1.92. The molecular formula is C16H27ClN2O4S. The van der Waals surface area contributed by atoms with Gasteiger partial charge in [0.15, 0.2) is 0 Å². The molecule has 24 heavy (non-hydrogen) atoms. The molecule has 0 saturated carbocycles. The van der Waals surface area contributed by atoms with E-state index in [1.165, 1.54) is 0 Å². The van der Waals surface area contributed by atoms with Gasteiger partial charge in [0.2, 0.25) is 10.0 Å². The van der Waals surface area contributed by atoms with E-state index in [2.05, 4.69) is 0 Å². The molecule has 138 valence electrons. The van der Waals surface area contributed by atoms with E-state index >= 15 is 0 Å². The lowest BCUT2D eigenvalue weighted by molar-refractivity contribution is 0.146. The second-order valence-corrected chi connectivity index (χ2v) is 7.74. The van der Waals surface area contributed by atoms with Crippen LogP contribution in [0.2, 0.25) is 0 Å². The third kappa shape index (κ3) is 5.07. The van der Waals surface area contributed by atoms with Crippen molar-refractivity contribution in [2.24, 2.45) is 5.73 Å². The Morgan fingerprint density at radius 2 is 1.92 bits per heavy atom. The Bertz CT molecular complexity index is 593. The first-order chi connectivity index (χ1) is 11.0. The zero-order valence-electron chi connectivity index (χ0n) is 14.2. The molecule has 1 aromatic rings. The van der Waals surface area contributed by atoms with E-state index < -0.39 is 10.0 Å². The Morgan fingerprint density at radius 3 is 2.50 bits per heavy atom. The monoisotopic (exact) mass is 378 g/mol. The number of ether oxygens (including phenoxy) is 2. The molecule has 0 aromatic heterocycles. The normalized spacial score (nSPS) is 20.2. The molecule has 2 N–H and O–H groups in total. The first-order valence-electron chi connectivity index (χ1n) is 7.96. The van der Waals surface area contributed by atoms with Gasteiger partial charge < -0.3 is 15.2 Å². The number of nitrogens with two attached hydrogens (primary N) is 1. The van der Waals surface area contributed by atoms with E-state index in [1.54, 1.807) is 35.7 Å². The van der Waals surface area contributed by atoms with Crippen LogP contribution >= 0.6 is 12.4 Å². The third-order valence-electron chi connectivity index (χ3n) is 4.09. The molecule has 2 rings (SSSR count). The molecule has 8 heteroatoms. The molecule has 1 saturated heterocycles. The van der Waals surface area contributed by atoms with Crippen LogP contribution in [0.5, 0.6) is 5.75 Å². The number of piperidine rings is 1. The quantitative estimate of drug-likeness (QED) is 0.734. The predicted molar refractivity (Wildman–Crippen MR) is 96.2 cm³/mol. The second kappa shape index (κ2) is 9.58. The Hall–Kier alpha value is -0.860. The molecule has 0 amide bonds. The highest BCUT2D eigenvalue weighted by molar-refractivity contribution is 7.89. The van der Waals surface area contributed by atoms with Gasteiger partial charge in [0, 0.05) is 25.7 Å². The highest BCUT2D eigenvalue weighted by Gasteiger charge is 2.35. The Balaban J connectivity index is 0.00000288. The van der Waals surface area contributed by atoms with E-state index in [9.17, 15) is 8.42 Å². The van der Waals surface area contributed by atoms with Crippen molar-refractivity contribution in [3.63, 3.8) is 0 Å². The van der Waals surface area contributed by atoms with Crippen LogP contribution in [-0.2, 0) is 14.8 Å². The number of methoxy groups -OCH3 is 1. The van der Waals surface area contributed by atoms with Gasteiger partial charge in [-0.25, -0.2) is 8.42 Å². The summed E-state index contributed by atoms with van der Waals surface area (Å²) in [6, 6.07) is 6.21. The zero-order chi connectivity index (χ0) is 16.9. The zero-order valence-corrected chi connectivity index (χ0v) is 15.8. The lowest BCUT2D eigenvalue weighted by Crippen LogP contribution is -2.51. The van der Waals surface area contributed by atoms with Crippen LogP contribution in [0.3, 0.4) is 0 Å². The maximum atomic E-state index is 12.9. The fourth-order valence-corrected chi connectivity index (χ4v) is 4.61. The molecule has 1 aliphatic rings. The summed E-state index contributed by atoms with van der Waals surface area (Å²) in [5, 5.41) is 0. The number of nitrogens with zero attached hydrogens (tertiary/aromatic N) is 1. The van der Waals surface area contributed by atoms with Crippen molar-refractivity contribution >= 4 is 22.4 Å². The lowest BCUT2D eigenvalue weighted by Gasteiger charge is -2.36. The summed E-state index contributed by atoms with van der Waals surface area (Å²) < 4.78 is 37.7. The third-order valence-corrected chi connectivity index (χ3v) is 6.03. The Labute approximate surface area is 150 Å². The topological polar surface area (TPSA) is 81.9 Å². The first kappa shape index (κ1) is 21.2. The molecule has 0 aliphatic carbocycles. The summed E-state index contributed by atoms with van der Waals surface area (Å²) in [6.07, 6.45) is 2.71. The summed E-state index contributed by atoms with van der Waals surface area (Å²) in [5.41, 5.74) is 5.99. The fourth-order valence-electron chi connectivity index (χ4n) is 2.84. The molecule has 0 radical (unpaired) electrons. The Kier molecular flexibility index (Phi) is 8.45. The lowest BCUT2D eigenvalue weighted by atomic mass is 10.00. The maximum absolute atomic E-state index is 12.9. The van der Waals surface area contributed by atoms with Gasteiger partial charge in [-0.2, -0.15) is 4.31 Å². The average molecular weight is 379 g/mol. The number of hydrogen-bond acceptors (Lipinski definition) is 5. The maximum Gasteiger partial charge on any atom is 0.243 e. The van der Waals surface area contributed by atoms with Gasteiger partial charge >= 0.3 is 0 Å². The number of rotatable bonds is 7. The minimum atomic E-state index is -3.53. The number of benzene rings is 1. The second-order valence-electron chi connectivity index (χ2n) is 5.85. The van der Waals surface area contributed by atoms with Crippen molar-refractivity contribution in [1.29, 1.82) is 0 Å². The smallest absolute Gasteiger partial charge is 0.243 e. The van der Waals surface area contributed by atoms with Crippen molar-refractivity contribution in [2.45, 2.75) is 43.2 Å². The van der Waals surface area contributed by atoms with Crippen LogP contribution in [0.4, 0.5) is 0 Å². The average Bonchev–Trinajstić information content (AvgIpc) is 2.55. The molecule has 2 unspecified atom stereocenters. The molecule has 6 nitrogen and oxygen atoms in total. The minimum Gasteiger partial charge on any atom is -0.491 e. The summed E-state index contributed by atoms with van der Waals surface area (Å²) in [6.45, 7) is 3.32.